The van der Waals surface area contributed by atoms with Crippen LogP contribution in [0.15, 0.2) is 36.4 Å². The molecule has 1 aliphatic heterocycles. The first-order valence-electron chi connectivity index (χ1n) is 8.65. The Kier molecular flexibility index (Phi) is 6.21. The van der Waals surface area contributed by atoms with E-state index in [1.807, 2.05) is 0 Å². The van der Waals surface area contributed by atoms with Crippen LogP contribution in [0.4, 0.5) is 5.69 Å². The van der Waals surface area contributed by atoms with Crippen LogP contribution in [-0.2, 0) is 20.7 Å². The molecule has 1 amide bonds. The van der Waals surface area contributed by atoms with Gasteiger partial charge in [-0.15, -0.1) is 0 Å². The second-order valence-electron chi connectivity index (χ2n) is 5.93. The van der Waals surface area contributed by atoms with E-state index in [0.29, 0.717) is 47.5 Å². The molecule has 28 heavy (non-hydrogen) atoms. The largest absolute Gasteiger partial charge is 0.497 e. The lowest BCUT2D eigenvalue weighted by molar-refractivity contribution is -0.146. The molecule has 0 spiro atoms. The average Bonchev–Trinajstić information content (AvgIpc) is 2.72. The summed E-state index contributed by atoms with van der Waals surface area (Å²) in [7, 11) is 3.01. The number of ether oxygens (including phenoxy) is 5. The Morgan fingerprint density at radius 2 is 1.79 bits per heavy atom. The van der Waals surface area contributed by atoms with Crippen molar-refractivity contribution in [1.29, 1.82) is 0 Å². The van der Waals surface area contributed by atoms with Gasteiger partial charge in [0.15, 0.2) is 18.1 Å². The number of hydrogen-bond donors (Lipinski definition) is 1. The molecule has 0 bridgehead atoms. The lowest BCUT2D eigenvalue weighted by Crippen LogP contribution is -2.22. The van der Waals surface area contributed by atoms with E-state index in [4.69, 9.17) is 23.7 Å². The first-order valence-corrected chi connectivity index (χ1v) is 8.65. The van der Waals surface area contributed by atoms with Gasteiger partial charge in [0.05, 0.1) is 26.3 Å². The molecule has 2 aromatic rings. The maximum atomic E-state index is 12.1. The zero-order valence-electron chi connectivity index (χ0n) is 15.7. The molecule has 0 saturated carbocycles. The molecular formula is C20H21NO7. The van der Waals surface area contributed by atoms with Gasteiger partial charge in [-0.1, -0.05) is 6.07 Å². The minimum atomic E-state index is -0.524. The van der Waals surface area contributed by atoms with Crippen LogP contribution in [0.3, 0.4) is 0 Å². The number of fused-ring (bicyclic) bond motifs is 1. The summed E-state index contributed by atoms with van der Waals surface area (Å²) in [6.07, 6.45) is 0.0202. The van der Waals surface area contributed by atoms with Gasteiger partial charge in [0, 0.05) is 6.07 Å². The van der Waals surface area contributed by atoms with Crippen molar-refractivity contribution in [2.45, 2.75) is 6.42 Å². The first kappa shape index (κ1) is 19.3. The van der Waals surface area contributed by atoms with Crippen LogP contribution >= 0.6 is 0 Å². The van der Waals surface area contributed by atoms with Gasteiger partial charge < -0.3 is 29.0 Å². The molecule has 2 aromatic carbocycles. The number of rotatable bonds is 7. The van der Waals surface area contributed by atoms with Gasteiger partial charge in [-0.3, -0.25) is 9.59 Å². The summed E-state index contributed by atoms with van der Waals surface area (Å²) in [4.78, 5) is 24.1. The van der Waals surface area contributed by atoms with Gasteiger partial charge in [-0.25, -0.2) is 0 Å². The van der Waals surface area contributed by atoms with Crippen molar-refractivity contribution in [1.82, 2.24) is 0 Å². The quantitative estimate of drug-likeness (QED) is 0.728. The number of nitrogens with one attached hydrogen (secondary N) is 1. The Labute approximate surface area is 162 Å². The maximum absolute atomic E-state index is 12.1. The van der Waals surface area contributed by atoms with E-state index in [9.17, 15) is 9.59 Å². The number of esters is 1. The summed E-state index contributed by atoms with van der Waals surface area (Å²) in [6, 6.07) is 10.2. The predicted molar refractivity (Wildman–Crippen MR) is 100 cm³/mol. The number of anilines is 1. The van der Waals surface area contributed by atoms with Crippen LogP contribution in [0, 0.1) is 0 Å². The highest BCUT2D eigenvalue weighted by molar-refractivity contribution is 5.94. The second-order valence-corrected chi connectivity index (χ2v) is 5.93. The van der Waals surface area contributed by atoms with Crippen molar-refractivity contribution in [2.24, 2.45) is 0 Å². The summed E-state index contributed by atoms with van der Waals surface area (Å²) in [5.41, 5.74) is 1.14. The molecule has 0 unspecified atom stereocenters. The van der Waals surface area contributed by atoms with Gasteiger partial charge in [-0.05, 0) is 29.8 Å². The van der Waals surface area contributed by atoms with E-state index in [1.165, 1.54) is 14.2 Å². The Morgan fingerprint density at radius 3 is 2.54 bits per heavy atom. The molecule has 0 aliphatic carbocycles. The predicted octanol–water partition coefficient (Wildman–Crippen LogP) is 2.20. The van der Waals surface area contributed by atoms with Crippen LogP contribution in [-0.4, -0.2) is 45.9 Å². The lowest BCUT2D eigenvalue weighted by Gasteiger charge is -2.18. The standard InChI is InChI=1S/C20H21NO7/c1-24-14-4-6-16(25-2)15(11-14)21-19(22)12-28-20(23)10-13-3-5-17-18(9-13)27-8-7-26-17/h3-6,9,11H,7-8,10,12H2,1-2H3,(H,21,22). The number of carbonyl (C=O) groups is 2. The molecule has 0 fully saturated rings. The normalized spacial score (nSPS) is 12.1. The molecule has 3 rings (SSSR count). The summed E-state index contributed by atoms with van der Waals surface area (Å²) in [6.45, 7) is 0.556. The van der Waals surface area contributed by atoms with Crippen molar-refractivity contribution in [3.8, 4) is 23.0 Å². The smallest absolute Gasteiger partial charge is 0.310 e. The molecule has 8 heteroatoms. The Morgan fingerprint density at radius 1 is 1.00 bits per heavy atom. The van der Waals surface area contributed by atoms with E-state index in [-0.39, 0.29) is 6.42 Å². The van der Waals surface area contributed by atoms with Crippen LogP contribution in [0.5, 0.6) is 23.0 Å². The fourth-order valence-corrected chi connectivity index (χ4v) is 2.66. The van der Waals surface area contributed by atoms with E-state index in [1.54, 1.807) is 36.4 Å². The van der Waals surface area contributed by atoms with Crippen molar-refractivity contribution >= 4 is 17.6 Å². The van der Waals surface area contributed by atoms with Crippen molar-refractivity contribution in [3.63, 3.8) is 0 Å². The Bertz CT molecular complexity index is 866. The molecule has 8 nitrogen and oxygen atoms in total. The summed E-state index contributed by atoms with van der Waals surface area (Å²) >= 11 is 0. The molecule has 148 valence electrons. The second kappa shape index (κ2) is 8.98. The molecule has 0 saturated heterocycles. The van der Waals surface area contributed by atoms with Gasteiger partial charge in [0.25, 0.3) is 5.91 Å². The van der Waals surface area contributed by atoms with Crippen LogP contribution in [0.1, 0.15) is 5.56 Å². The van der Waals surface area contributed by atoms with Gasteiger partial charge >= 0.3 is 5.97 Å². The van der Waals surface area contributed by atoms with E-state index >= 15 is 0 Å². The van der Waals surface area contributed by atoms with Crippen LogP contribution in [0.25, 0.3) is 0 Å². The number of carbonyl (C=O) groups excluding carboxylic acids is 2. The third-order valence-electron chi connectivity index (χ3n) is 4.00. The number of benzene rings is 2. The first-order chi connectivity index (χ1) is 13.6. The van der Waals surface area contributed by atoms with Gasteiger partial charge in [0.2, 0.25) is 0 Å². The summed E-state index contributed by atoms with van der Waals surface area (Å²) in [5, 5.41) is 2.64. The SMILES string of the molecule is COc1ccc(OC)c(NC(=O)COC(=O)Cc2ccc3c(c2)OCCO3)c1. The third kappa shape index (κ3) is 4.85. The minimum Gasteiger partial charge on any atom is -0.497 e. The van der Waals surface area contributed by atoms with Crippen LogP contribution in [0.2, 0.25) is 0 Å². The highest BCUT2D eigenvalue weighted by Gasteiger charge is 2.15. The van der Waals surface area contributed by atoms with E-state index in [0.717, 1.165) is 0 Å². The maximum Gasteiger partial charge on any atom is 0.310 e. The number of hydrogen-bond acceptors (Lipinski definition) is 7. The van der Waals surface area contributed by atoms with Gasteiger partial charge in [-0.2, -0.15) is 0 Å². The Balaban J connectivity index is 1.52. The molecule has 0 atom stereocenters. The molecule has 0 radical (unpaired) electrons. The van der Waals surface area contributed by atoms with Crippen molar-refractivity contribution in [2.75, 3.05) is 39.4 Å². The summed E-state index contributed by atoms with van der Waals surface area (Å²) < 4.78 is 26.3. The van der Waals surface area contributed by atoms with E-state index < -0.39 is 18.5 Å². The monoisotopic (exact) mass is 387 g/mol. The highest BCUT2D eigenvalue weighted by atomic mass is 16.6. The summed E-state index contributed by atoms with van der Waals surface area (Å²) in [5.74, 6) is 1.27. The molecule has 1 N–H and O–H groups in total. The van der Waals surface area contributed by atoms with Gasteiger partial charge in [0.1, 0.15) is 24.7 Å². The Hall–Kier alpha value is -3.42. The zero-order chi connectivity index (χ0) is 19.9. The molecule has 1 heterocycles. The number of amides is 1. The fraction of sp³-hybridized carbons (Fsp3) is 0.300. The topological polar surface area (TPSA) is 92.3 Å². The molecular weight excluding hydrogens is 366 g/mol. The number of methoxy groups -OCH3 is 2. The average molecular weight is 387 g/mol. The fourth-order valence-electron chi connectivity index (χ4n) is 2.66. The molecule has 0 aromatic heterocycles. The van der Waals surface area contributed by atoms with E-state index in [2.05, 4.69) is 5.32 Å². The highest BCUT2D eigenvalue weighted by Crippen LogP contribution is 2.31. The van der Waals surface area contributed by atoms with Crippen molar-refractivity contribution < 1.29 is 33.3 Å². The third-order valence-corrected chi connectivity index (χ3v) is 4.00. The van der Waals surface area contributed by atoms with Crippen LogP contribution < -0.4 is 24.3 Å². The van der Waals surface area contributed by atoms with Crippen molar-refractivity contribution in [3.05, 3.63) is 42.0 Å². The lowest BCUT2D eigenvalue weighted by atomic mass is 10.1. The molecule has 1 aliphatic rings. The zero-order valence-corrected chi connectivity index (χ0v) is 15.7. The minimum absolute atomic E-state index is 0.0202.